The molecule has 2 aromatic rings. The summed E-state index contributed by atoms with van der Waals surface area (Å²) in [6, 6.07) is 3.45. The number of hydrogen-bond acceptors (Lipinski definition) is 5. The van der Waals surface area contributed by atoms with Gasteiger partial charge < -0.3 is 19.0 Å². The minimum Gasteiger partial charge on any atom is -0.461 e. The molecule has 2 heterocycles. The molecule has 0 aliphatic heterocycles. The summed E-state index contributed by atoms with van der Waals surface area (Å²) in [6.45, 7) is 5.38. The molecule has 0 fully saturated rings. The largest absolute Gasteiger partial charge is 0.461 e. The highest BCUT2D eigenvalue weighted by Crippen LogP contribution is 2.26. The molecule has 0 aliphatic rings. The van der Waals surface area contributed by atoms with Gasteiger partial charge in [0.15, 0.2) is 5.76 Å². The third-order valence-corrected chi connectivity index (χ3v) is 2.72. The molecule has 2 rings (SSSR count). The third-order valence-electron chi connectivity index (χ3n) is 2.72. The molecule has 2 aromatic heterocycles. The van der Waals surface area contributed by atoms with Gasteiger partial charge >= 0.3 is 0 Å². The number of ether oxygens (including phenoxy) is 1. The molecular weight excluding hydrogens is 260 g/mol. The molecule has 0 bridgehead atoms. The van der Waals surface area contributed by atoms with Crippen molar-refractivity contribution >= 4 is 5.91 Å². The van der Waals surface area contributed by atoms with E-state index in [0.717, 1.165) is 6.42 Å². The summed E-state index contributed by atoms with van der Waals surface area (Å²) in [5.41, 5.74) is 0.929. The molecule has 1 N–H and O–H groups in total. The first-order valence-corrected chi connectivity index (χ1v) is 6.60. The van der Waals surface area contributed by atoms with E-state index in [1.807, 2.05) is 6.92 Å². The van der Waals surface area contributed by atoms with Crippen LogP contribution in [0.25, 0.3) is 11.5 Å². The van der Waals surface area contributed by atoms with E-state index in [1.54, 1.807) is 19.1 Å². The van der Waals surface area contributed by atoms with Gasteiger partial charge in [-0.3, -0.25) is 4.79 Å². The average Bonchev–Trinajstić information content (AvgIpc) is 3.07. The first-order valence-electron chi connectivity index (χ1n) is 6.60. The molecule has 0 spiro atoms. The van der Waals surface area contributed by atoms with E-state index in [9.17, 15) is 4.79 Å². The fourth-order valence-corrected chi connectivity index (χ4v) is 1.78. The smallest absolute Gasteiger partial charge is 0.257 e. The van der Waals surface area contributed by atoms with E-state index in [1.165, 1.54) is 6.26 Å². The molecule has 1 amide bonds. The molecule has 6 heteroatoms. The van der Waals surface area contributed by atoms with Crippen LogP contribution in [0.2, 0.25) is 0 Å². The highest BCUT2D eigenvalue weighted by molar-refractivity contribution is 6.00. The predicted molar refractivity (Wildman–Crippen MR) is 72.4 cm³/mol. The number of carbonyl (C=O) groups is 1. The second-order valence-electron chi connectivity index (χ2n) is 4.32. The van der Waals surface area contributed by atoms with Crippen LogP contribution in [0.4, 0.5) is 0 Å². The molecule has 0 saturated heterocycles. The van der Waals surface area contributed by atoms with Crippen LogP contribution in [0.15, 0.2) is 27.3 Å². The number of hydrogen-bond donors (Lipinski definition) is 1. The quantitative estimate of drug-likeness (QED) is 0.787. The second-order valence-corrected chi connectivity index (χ2v) is 4.32. The normalized spacial score (nSPS) is 10.7. The molecule has 0 aliphatic carbocycles. The molecule has 20 heavy (non-hydrogen) atoms. The monoisotopic (exact) mass is 278 g/mol. The number of aromatic nitrogens is 1. The van der Waals surface area contributed by atoms with E-state index in [0.29, 0.717) is 42.5 Å². The number of nitrogens with one attached hydrogen (secondary N) is 1. The van der Waals surface area contributed by atoms with E-state index in [-0.39, 0.29) is 5.91 Å². The average molecular weight is 278 g/mol. The van der Waals surface area contributed by atoms with Gasteiger partial charge in [-0.05, 0) is 25.5 Å². The zero-order chi connectivity index (χ0) is 14.4. The molecule has 0 aromatic carbocycles. The number of furan rings is 1. The van der Waals surface area contributed by atoms with Gasteiger partial charge in [0.05, 0.1) is 18.6 Å². The summed E-state index contributed by atoms with van der Waals surface area (Å²) in [5.74, 6) is 0.590. The zero-order valence-corrected chi connectivity index (χ0v) is 11.6. The Morgan fingerprint density at radius 3 is 3.00 bits per heavy atom. The molecule has 0 unspecified atom stereocenters. The summed E-state index contributed by atoms with van der Waals surface area (Å²) >= 11 is 0. The lowest BCUT2D eigenvalue weighted by atomic mass is 10.1. The maximum Gasteiger partial charge on any atom is 0.257 e. The van der Waals surface area contributed by atoms with Crippen LogP contribution in [0.5, 0.6) is 0 Å². The molecule has 108 valence electrons. The van der Waals surface area contributed by atoms with Crippen LogP contribution in [0, 0.1) is 6.92 Å². The molecule has 0 saturated carbocycles. The Bertz CT molecular complexity index is 546. The van der Waals surface area contributed by atoms with Crippen molar-refractivity contribution in [2.45, 2.75) is 20.3 Å². The van der Waals surface area contributed by atoms with E-state index in [4.69, 9.17) is 13.7 Å². The van der Waals surface area contributed by atoms with Crippen molar-refractivity contribution in [3.05, 3.63) is 29.7 Å². The van der Waals surface area contributed by atoms with E-state index in [2.05, 4.69) is 10.5 Å². The van der Waals surface area contributed by atoms with Gasteiger partial charge in [0.1, 0.15) is 5.56 Å². The van der Waals surface area contributed by atoms with Crippen LogP contribution in [0.1, 0.15) is 29.4 Å². The lowest BCUT2D eigenvalue weighted by Crippen LogP contribution is -2.28. The summed E-state index contributed by atoms with van der Waals surface area (Å²) < 4.78 is 15.7. The zero-order valence-electron chi connectivity index (χ0n) is 11.6. The standard InChI is InChI=1S/C14H18N2O4/c1-3-7-18-9-6-15-14(17)12-10(2)16-20-13(12)11-5-4-8-19-11/h4-5,8H,3,6-7,9H2,1-2H3,(H,15,17). The van der Waals surface area contributed by atoms with E-state index >= 15 is 0 Å². The Labute approximate surface area is 117 Å². The minimum atomic E-state index is -0.241. The van der Waals surface area contributed by atoms with Crippen molar-refractivity contribution in [1.82, 2.24) is 10.5 Å². The van der Waals surface area contributed by atoms with E-state index < -0.39 is 0 Å². The highest BCUT2D eigenvalue weighted by atomic mass is 16.5. The summed E-state index contributed by atoms with van der Waals surface area (Å²) in [7, 11) is 0. The first kappa shape index (κ1) is 14.3. The topological polar surface area (TPSA) is 77.5 Å². The Balaban J connectivity index is 2.01. The maximum atomic E-state index is 12.2. The number of aryl methyl sites for hydroxylation is 1. The lowest BCUT2D eigenvalue weighted by molar-refractivity contribution is 0.0915. The molecular formula is C14H18N2O4. The van der Waals surface area contributed by atoms with Crippen molar-refractivity contribution in [2.75, 3.05) is 19.8 Å². The number of nitrogens with zero attached hydrogens (tertiary/aromatic N) is 1. The van der Waals surface area contributed by atoms with Crippen molar-refractivity contribution in [2.24, 2.45) is 0 Å². The SMILES string of the molecule is CCCOCCNC(=O)c1c(C)noc1-c1ccco1. The summed E-state index contributed by atoms with van der Waals surface area (Å²) in [5, 5.41) is 6.61. The van der Waals surface area contributed by atoms with Gasteiger partial charge in [-0.15, -0.1) is 0 Å². The number of carbonyl (C=O) groups excluding carboxylic acids is 1. The molecule has 0 atom stereocenters. The fourth-order valence-electron chi connectivity index (χ4n) is 1.78. The number of rotatable bonds is 7. The van der Waals surface area contributed by atoms with Gasteiger partial charge in [0, 0.05) is 13.2 Å². The van der Waals surface area contributed by atoms with Crippen LogP contribution in [0.3, 0.4) is 0 Å². The van der Waals surface area contributed by atoms with Crippen LogP contribution in [-0.2, 0) is 4.74 Å². The van der Waals surface area contributed by atoms with Crippen molar-refractivity contribution in [3.63, 3.8) is 0 Å². The van der Waals surface area contributed by atoms with Crippen LogP contribution in [-0.4, -0.2) is 30.8 Å². The Morgan fingerprint density at radius 1 is 1.45 bits per heavy atom. The minimum absolute atomic E-state index is 0.241. The van der Waals surface area contributed by atoms with Gasteiger partial charge in [0.25, 0.3) is 5.91 Å². The summed E-state index contributed by atoms with van der Waals surface area (Å²) in [4.78, 5) is 12.2. The first-order chi connectivity index (χ1) is 9.74. The van der Waals surface area contributed by atoms with Gasteiger partial charge in [-0.1, -0.05) is 12.1 Å². The van der Waals surface area contributed by atoms with Crippen molar-refractivity contribution in [1.29, 1.82) is 0 Å². The van der Waals surface area contributed by atoms with Crippen LogP contribution < -0.4 is 5.32 Å². The number of amides is 1. The van der Waals surface area contributed by atoms with Crippen LogP contribution >= 0.6 is 0 Å². The maximum absolute atomic E-state index is 12.2. The van der Waals surface area contributed by atoms with Crippen molar-refractivity contribution in [3.8, 4) is 11.5 Å². The summed E-state index contributed by atoms with van der Waals surface area (Å²) in [6.07, 6.45) is 2.48. The lowest BCUT2D eigenvalue weighted by Gasteiger charge is -2.05. The second kappa shape index (κ2) is 6.91. The predicted octanol–water partition coefficient (Wildman–Crippen LogP) is 2.40. The molecule has 0 radical (unpaired) electrons. The Morgan fingerprint density at radius 2 is 2.30 bits per heavy atom. The highest BCUT2D eigenvalue weighted by Gasteiger charge is 2.23. The fraction of sp³-hybridized carbons (Fsp3) is 0.429. The van der Waals surface area contributed by atoms with Gasteiger partial charge in [0.2, 0.25) is 5.76 Å². The Hall–Kier alpha value is -2.08. The third kappa shape index (κ3) is 3.27. The van der Waals surface area contributed by atoms with Gasteiger partial charge in [-0.25, -0.2) is 0 Å². The Kier molecular flexibility index (Phi) is 4.95. The molecule has 6 nitrogen and oxygen atoms in total. The van der Waals surface area contributed by atoms with Crippen molar-refractivity contribution < 1.29 is 18.5 Å². The van der Waals surface area contributed by atoms with Gasteiger partial charge in [-0.2, -0.15) is 0 Å².